The topological polar surface area (TPSA) is 92.3 Å². The van der Waals surface area contributed by atoms with E-state index < -0.39 is 10.0 Å². The third-order valence-corrected chi connectivity index (χ3v) is 5.95. The Hall–Kier alpha value is -1.65. The van der Waals surface area contributed by atoms with Crippen molar-refractivity contribution < 1.29 is 13.2 Å². The zero-order valence-electron chi connectivity index (χ0n) is 12.8. The second-order valence-corrected chi connectivity index (χ2v) is 9.04. The first-order valence-corrected chi connectivity index (χ1v) is 10.3. The molecule has 23 heavy (non-hydrogen) atoms. The van der Waals surface area contributed by atoms with Crippen LogP contribution < -0.4 is 9.62 Å². The minimum Gasteiger partial charge on any atom is -0.296 e. The molecule has 1 heterocycles. The number of nitrogens with zero attached hydrogens (tertiary/aromatic N) is 3. The number of aromatic nitrogens is 2. The molecular weight excluding hydrogens is 356 g/mol. The van der Waals surface area contributed by atoms with Crippen molar-refractivity contribution in [2.75, 3.05) is 28.7 Å². The van der Waals surface area contributed by atoms with E-state index in [0.717, 1.165) is 20.7 Å². The molecule has 10 heteroatoms. The average molecular weight is 372 g/mol. The second-order valence-electron chi connectivity index (χ2n) is 4.54. The minimum absolute atomic E-state index is 0.317. The maximum absolute atomic E-state index is 12.1. The summed E-state index contributed by atoms with van der Waals surface area (Å²) in [6.07, 6.45) is 1.12. The molecule has 0 atom stereocenters. The molecule has 1 N–H and O–H groups in total. The minimum atomic E-state index is -3.33. The Morgan fingerprint density at radius 3 is 2.52 bits per heavy atom. The van der Waals surface area contributed by atoms with Gasteiger partial charge < -0.3 is 0 Å². The van der Waals surface area contributed by atoms with Crippen LogP contribution in [0.25, 0.3) is 0 Å². The molecule has 0 unspecified atom stereocenters. The molecule has 0 radical (unpaired) electrons. The SMILES string of the molecule is CCSc1nnc(NC(=O)c2ccc(N(C)S(C)(=O)=O)cc2)s1. The van der Waals surface area contributed by atoms with Crippen molar-refractivity contribution in [2.24, 2.45) is 0 Å². The van der Waals surface area contributed by atoms with E-state index in [1.54, 1.807) is 36.0 Å². The highest BCUT2D eigenvalue weighted by Crippen LogP contribution is 2.25. The molecule has 2 rings (SSSR count). The molecule has 124 valence electrons. The fraction of sp³-hybridized carbons (Fsp3) is 0.308. The smallest absolute Gasteiger partial charge is 0.257 e. The van der Waals surface area contributed by atoms with Gasteiger partial charge in [0.15, 0.2) is 4.34 Å². The van der Waals surface area contributed by atoms with Gasteiger partial charge in [0.25, 0.3) is 5.91 Å². The van der Waals surface area contributed by atoms with Crippen molar-refractivity contribution in [3.05, 3.63) is 29.8 Å². The van der Waals surface area contributed by atoms with Gasteiger partial charge in [-0.15, -0.1) is 10.2 Å². The summed E-state index contributed by atoms with van der Waals surface area (Å²) in [4.78, 5) is 12.1. The number of benzene rings is 1. The van der Waals surface area contributed by atoms with Gasteiger partial charge in [-0.2, -0.15) is 0 Å². The average Bonchev–Trinajstić information content (AvgIpc) is 2.93. The highest BCUT2D eigenvalue weighted by atomic mass is 32.2. The van der Waals surface area contributed by atoms with Gasteiger partial charge >= 0.3 is 0 Å². The Kier molecular flexibility index (Phi) is 5.60. The number of carbonyl (C=O) groups is 1. The lowest BCUT2D eigenvalue weighted by atomic mass is 10.2. The molecule has 1 aromatic carbocycles. The summed E-state index contributed by atoms with van der Waals surface area (Å²) >= 11 is 2.87. The number of nitrogens with one attached hydrogen (secondary N) is 1. The van der Waals surface area contributed by atoms with Gasteiger partial charge in [-0.1, -0.05) is 30.0 Å². The summed E-state index contributed by atoms with van der Waals surface area (Å²) in [5.74, 6) is 0.570. The number of hydrogen-bond acceptors (Lipinski definition) is 7. The van der Waals surface area contributed by atoms with E-state index in [9.17, 15) is 13.2 Å². The lowest BCUT2D eigenvalue weighted by Crippen LogP contribution is -2.24. The van der Waals surface area contributed by atoms with E-state index in [4.69, 9.17) is 0 Å². The van der Waals surface area contributed by atoms with E-state index in [1.165, 1.54) is 18.4 Å². The zero-order chi connectivity index (χ0) is 17.0. The van der Waals surface area contributed by atoms with Crippen LogP contribution in [0.15, 0.2) is 28.6 Å². The highest BCUT2D eigenvalue weighted by Gasteiger charge is 2.14. The maximum atomic E-state index is 12.1. The predicted octanol–water partition coefficient (Wildman–Crippen LogP) is 2.30. The van der Waals surface area contributed by atoms with Crippen LogP contribution in [-0.2, 0) is 10.0 Å². The van der Waals surface area contributed by atoms with Crippen molar-refractivity contribution >= 4 is 49.8 Å². The first kappa shape index (κ1) is 17.7. The second kappa shape index (κ2) is 7.28. The van der Waals surface area contributed by atoms with Gasteiger partial charge in [0.2, 0.25) is 15.2 Å². The standard InChI is InChI=1S/C13H16N4O3S3/c1-4-21-13-16-15-12(22-13)14-11(18)9-5-7-10(8-6-9)17(2)23(3,19)20/h5-8H,4H2,1-3H3,(H,14,15,18). The van der Waals surface area contributed by atoms with Gasteiger partial charge in [-0.05, 0) is 30.0 Å². The van der Waals surface area contributed by atoms with E-state index in [0.29, 0.717) is 16.4 Å². The first-order chi connectivity index (χ1) is 10.8. The van der Waals surface area contributed by atoms with Gasteiger partial charge in [-0.25, -0.2) is 8.42 Å². The molecule has 1 amide bonds. The zero-order valence-corrected chi connectivity index (χ0v) is 15.3. The van der Waals surface area contributed by atoms with Gasteiger partial charge in [0.05, 0.1) is 11.9 Å². The maximum Gasteiger partial charge on any atom is 0.257 e. The summed E-state index contributed by atoms with van der Waals surface area (Å²) in [7, 11) is -1.87. The lowest BCUT2D eigenvalue weighted by Gasteiger charge is -2.16. The Morgan fingerprint density at radius 1 is 1.30 bits per heavy atom. The summed E-state index contributed by atoms with van der Waals surface area (Å²) in [5, 5.41) is 11.0. The number of carbonyl (C=O) groups excluding carboxylic acids is 1. The van der Waals surface area contributed by atoms with E-state index in [-0.39, 0.29) is 5.91 Å². The molecule has 2 aromatic rings. The van der Waals surface area contributed by atoms with Crippen LogP contribution in [0.5, 0.6) is 0 Å². The van der Waals surface area contributed by atoms with Gasteiger partial charge in [0, 0.05) is 12.6 Å². The number of rotatable bonds is 6. The molecule has 1 aromatic heterocycles. The molecule has 7 nitrogen and oxygen atoms in total. The van der Waals surface area contributed by atoms with Crippen LogP contribution in [0.4, 0.5) is 10.8 Å². The van der Waals surface area contributed by atoms with Crippen LogP contribution >= 0.6 is 23.1 Å². The molecule has 0 spiro atoms. The molecule has 0 aliphatic rings. The largest absolute Gasteiger partial charge is 0.296 e. The Morgan fingerprint density at radius 2 is 1.96 bits per heavy atom. The molecule has 0 fully saturated rings. The monoisotopic (exact) mass is 372 g/mol. The quantitative estimate of drug-likeness (QED) is 0.618. The Balaban J connectivity index is 2.08. The van der Waals surface area contributed by atoms with Crippen molar-refractivity contribution in [2.45, 2.75) is 11.3 Å². The number of amides is 1. The predicted molar refractivity (Wildman–Crippen MR) is 93.9 cm³/mol. The molecule has 0 saturated carbocycles. The molecule has 0 bridgehead atoms. The van der Waals surface area contributed by atoms with E-state index in [2.05, 4.69) is 15.5 Å². The number of hydrogen-bond donors (Lipinski definition) is 1. The van der Waals surface area contributed by atoms with Crippen LogP contribution in [0, 0.1) is 0 Å². The van der Waals surface area contributed by atoms with Crippen molar-refractivity contribution in [1.29, 1.82) is 0 Å². The van der Waals surface area contributed by atoms with Crippen molar-refractivity contribution in [1.82, 2.24) is 10.2 Å². The molecule has 0 aliphatic carbocycles. The molecule has 0 saturated heterocycles. The normalized spacial score (nSPS) is 11.3. The third kappa shape index (κ3) is 4.66. The number of sulfonamides is 1. The number of thioether (sulfide) groups is 1. The van der Waals surface area contributed by atoms with Gasteiger partial charge in [-0.3, -0.25) is 14.4 Å². The van der Waals surface area contributed by atoms with E-state index >= 15 is 0 Å². The van der Waals surface area contributed by atoms with Crippen LogP contribution in [-0.4, -0.2) is 43.6 Å². The summed E-state index contributed by atoms with van der Waals surface area (Å²) < 4.78 is 24.9. The van der Waals surface area contributed by atoms with Crippen LogP contribution in [0.2, 0.25) is 0 Å². The Bertz CT molecular complexity index is 787. The summed E-state index contributed by atoms with van der Waals surface area (Å²) in [5.41, 5.74) is 0.900. The van der Waals surface area contributed by atoms with Crippen LogP contribution in [0.1, 0.15) is 17.3 Å². The van der Waals surface area contributed by atoms with E-state index in [1.807, 2.05) is 6.92 Å². The highest BCUT2D eigenvalue weighted by molar-refractivity contribution is 8.01. The first-order valence-electron chi connectivity index (χ1n) is 6.63. The third-order valence-electron chi connectivity index (χ3n) is 2.89. The lowest BCUT2D eigenvalue weighted by molar-refractivity contribution is 0.102. The molecular formula is C13H16N4O3S3. The summed E-state index contributed by atoms with van der Waals surface area (Å²) in [6.45, 7) is 2.01. The van der Waals surface area contributed by atoms with Crippen molar-refractivity contribution in [3.8, 4) is 0 Å². The van der Waals surface area contributed by atoms with Crippen molar-refractivity contribution in [3.63, 3.8) is 0 Å². The Labute approximate surface area is 143 Å². The van der Waals surface area contributed by atoms with Gasteiger partial charge in [0.1, 0.15) is 0 Å². The fourth-order valence-electron chi connectivity index (χ4n) is 1.63. The fourth-order valence-corrected chi connectivity index (χ4v) is 3.77. The summed E-state index contributed by atoms with van der Waals surface area (Å²) in [6, 6.07) is 6.28. The van der Waals surface area contributed by atoms with Crippen LogP contribution in [0.3, 0.4) is 0 Å². The molecule has 0 aliphatic heterocycles. The number of anilines is 2.